The minimum Gasteiger partial charge on any atom is -0.489 e. The molecule has 0 aliphatic rings. The third-order valence-corrected chi connectivity index (χ3v) is 4.70. The number of hydrogen-bond donors (Lipinski definition) is 2. The molecule has 0 spiro atoms. The van der Waals surface area contributed by atoms with Crippen LogP contribution in [-0.2, 0) is 0 Å². The first-order valence-corrected chi connectivity index (χ1v) is 9.31. The Hall–Kier alpha value is -3.31. The molecule has 0 aliphatic heterocycles. The molecule has 4 rings (SSSR count). The zero-order valence-electron chi connectivity index (χ0n) is 16.0. The van der Waals surface area contributed by atoms with E-state index in [9.17, 15) is 4.79 Å². The van der Waals surface area contributed by atoms with E-state index >= 15 is 0 Å². The van der Waals surface area contributed by atoms with Crippen LogP contribution in [0, 0.1) is 0 Å². The average molecular weight is 373 g/mol. The lowest BCUT2D eigenvalue weighted by Gasteiger charge is -2.15. The Morgan fingerprint density at radius 2 is 1.71 bits per heavy atom. The number of fused-ring (bicyclic) bond motifs is 3. The van der Waals surface area contributed by atoms with E-state index < -0.39 is 0 Å². The normalized spacial score (nSPS) is 11.2. The summed E-state index contributed by atoms with van der Waals surface area (Å²) in [7, 11) is 3.99. The van der Waals surface area contributed by atoms with Crippen molar-refractivity contribution in [1.29, 1.82) is 0 Å². The van der Waals surface area contributed by atoms with Gasteiger partial charge >= 0.3 is 0 Å². The van der Waals surface area contributed by atoms with Gasteiger partial charge in [0, 0.05) is 28.5 Å². The highest BCUT2D eigenvalue weighted by Crippen LogP contribution is 2.35. The number of nitrogens with zero attached hydrogens (tertiary/aromatic N) is 1. The Morgan fingerprint density at radius 3 is 2.50 bits per heavy atom. The molecule has 0 fully saturated rings. The summed E-state index contributed by atoms with van der Waals surface area (Å²) in [5, 5.41) is 5.12. The van der Waals surface area contributed by atoms with Gasteiger partial charge in [0.05, 0.1) is 11.1 Å². The second-order valence-electron chi connectivity index (χ2n) is 7.01. The Bertz CT molecular complexity index is 1120. The highest BCUT2D eigenvalue weighted by molar-refractivity contribution is 6.15. The second kappa shape index (κ2) is 7.74. The number of aromatic nitrogens is 1. The molecule has 0 saturated carbocycles. The molecule has 2 N–H and O–H groups in total. The standard InChI is InChI=1S/C23H23N3O2/c1-26(2)14-15-28-22-19(23(27)24-16-8-4-3-5-9-16)13-12-18-17-10-6-7-11-20(17)25-21(18)22/h3-13,25H,14-15H2,1-2H3,(H,24,27). The fraction of sp³-hybridized carbons (Fsp3) is 0.174. The molecule has 142 valence electrons. The number of carbonyl (C=O) groups excluding carboxylic acids is 1. The van der Waals surface area contributed by atoms with Crippen molar-refractivity contribution >= 4 is 33.4 Å². The number of rotatable bonds is 6. The molecule has 0 radical (unpaired) electrons. The summed E-state index contributed by atoms with van der Waals surface area (Å²) in [6.45, 7) is 1.25. The summed E-state index contributed by atoms with van der Waals surface area (Å²) in [6, 6.07) is 21.4. The number of aromatic amines is 1. The summed E-state index contributed by atoms with van der Waals surface area (Å²) >= 11 is 0. The summed E-state index contributed by atoms with van der Waals surface area (Å²) in [6.07, 6.45) is 0. The van der Waals surface area contributed by atoms with Gasteiger partial charge in [0.15, 0.2) is 5.75 Å². The molecule has 0 aliphatic carbocycles. The van der Waals surface area contributed by atoms with Gasteiger partial charge in [0.1, 0.15) is 6.61 Å². The third-order valence-electron chi connectivity index (χ3n) is 4.70. The Labute approximate surface area is 163 Å². The lowest BCUT2D eigenvalue weighted by molar-refractivity contribution is 0.102. The van der Waals surface area contributed by atoms with E-state index in [0.717, 1.165) is 34.0 Å². The number of para-hydroxylation sites is 2. The van der Waals surface area contributed by atoms with Crippen LogP contribution in [0.3, 0.4) is 0 Å². The van der Waals surface area contributed by atoms with E-state index in [2.05, 4.69) is 21.3 Å². The molecular formula is C23H23N3O2. The number of amides is 1. The Morgan fingerprint density at radius 1 is 0.964 bits per heavy atom. The molecular weight excluding hydrogens is 350 g/mol. The van der Waals surface area contributed by atoms with Crippen molar-refractivity contribution in [2.75, 3.05) is 32.6 Å². The maximum atomic E-state index is 13.0. The Kier molecular flexibility index (Phi) is 5.00. The maximum Gasteiger partial charge on any atom is 0.259 e. The molecule has 3 aromatic carbocycles. The van der Waals surface area contributed by atoms with E-state index in [1.165, 1.54) is 0 Å². The van der Waals surface area contributed by atoms with Crippen molar-refractivity contribution in [3.8, 4) is 5.75 Å². The number of hydrogen-bond acceptors (Lipinski definition) is 3. The minimum atomic E-state index is -0.188. The van der Waals surface area contributed by atoms with Gasteiger partial charge in [-0.25, -0.2) is 0 Å². The van der Waals surface area contributed by atoms with Gasteiger partial charge < -0.3 is 19.9 Å². The molecule has 28 heavy (non-hydrogen) atoms. The van der Waals surface area contributed by atoms with Crippen molar-refractivity contribution < 1.29 is 9.53 Å². The molecule has 0 saturated heterocycles. The van der Waals surface area contributed by atoms with Gasteiger partial charge in [0.25, 0.3) is 5.91 Å². The van der Waals surface area contributed by atoms with E-state index in [4.69, 9.17) is 4.74 Å². The van der Waals surface area contributed by atoms with E-state index in [0.29, 0.717) is 17.9 Å². The predicted molar refractivity (Wildman–Crippen MR) is 114 cm³/mol. The van der Waals surface area contributed by atoms with Crippen LogP contribution in [-0.4, -0.2) is 43.0 Å². The number of anilines is 1. The molecule has 1 heterocycles. The van der Waals surface area contributed by atoms with Crippen molar-refractivity contribution in [2.45, 2.75) is 0 Å². The summed E-state index contributed by atoms with van der Waals surface area (Å²) < 4.78 is 6.12. The lowest BCUT2D eigenvalue weighted by Crippen LogP contribution is -2.21. The van der Waals surface area contributed by atoms with Crippen LogP contribution in [0.25, 0.3) is 21.8 Å². The third kappa shape index (κ3) is 3.57. The molecule has 0 bridgehead atoms. The first-order valence-electron chi connectivity index (χ1n) is 9.31. The smallest absolute Gasteiger partial charge is 0.259 e. The lowest BCUT2D eigenvalue weighted by atomic mass is 10.1. The van der Waals surface area contributed by atoms with Crippen LogP contribution in [0.5, 0.6) is 5.75 Å². The predicted octanol–water partition coefficient (Wildman–Crippen LogP) is 4.51. The fourth-order valence-electron chi connectivity index (χ4n) is 3.27. The molecule has 1 aromatic heterocycles. The number of likely N-dealkylation sites (N-methyl/N-ethyl adjacent to an activating group) is 1. The molecule has 0 atom stereocenters. The van der Waals surface area contributed by atoms with Crippen molar-refractivity contribution in [1.82, 2.24) is 9.88 Å². The zero-order valence-corrected chi connectivity index (χ0v) is 16.0. The number of carbonyl (C=O) groups is 1. The molecule has 4 aromatic rings. The van der Waals surface area contributed by atoms with Crippen molar-refractivity contribution in [3.05, 3.63) is 72.3 Å². The number of ether oxygens (including phenoxy) is 1. The highest BCUT2D eigenvalue weighted by Gasteiger charge is 2.19. The first-order chi connectivity index (χ1) is 13.6. The first kappa shape index (κ1) is 18.1. The van der Waals surface area contributed by atoms with Crippen molar-refractivity contribution in [2.24, 2.45) is 0 Å². The topological polar surface area (TPSA) is 57.4 Å². The van der Waals surface area contributed by atoms with E-state index in [1.54, 1.807) is 0 Å². The number of benzene rings is 3. The van der Waals surface area contributed by atoms with Crippen LogP contribution in [0.2, 0.25) is 0 Å². The van der Waals surface area contributed by atoms with Gasteiger partial charge in [-0.15, -0.1) is 0 Å². The van der Waals surface area contributed by atoms with Crippen LogP contribution >= 0.6 is 0 Å². The quantitative estimate of drug-likeness (QED) is 0.523. The van der Waals surface area contributed by atoms with Crippen LogP contribution in [0.1, 0.15) is 10.4 Å². The van der Waals surface area contributed by atoms with Crippen molar-refractivity contribution in [3.63, 3.8) is 0 Å². The maximum absolute atomic E-state index is 13.0. The average Bonchev–Trinajstić information content (AvgIpc) is 3.07. The molecule has 5 nitrogen and oxygen atoms in total. The summed E-state index contributed by atoms with van der Waals surface area (Å²) in [4.78, 5) is 18.5. The second-order valence-corrected chi connectivity index (χ2v) is 7.01. The van der Waals surface area contributed by atoms with E-state index in [1.807, 2.05) is 74.8 Å². The van der Waals surface area contributed by atoms with Gasteiger partial charge in [0.2, 0.25) is 0 Å². The van der Waals surface area contributed by atoms with Crippen LogP contribution in [0.4, 0.5) is 5.69 Å². The zero-order chi connectivity index (χ0) is 19.5. The van der Waals surface area contributed by atoms with E-state index in [-0.39, 0.29) is 5.91 Å². The molecule has 0 unspecified atom stereocenters. The van der Waals surface area contributed by atoms with Crippen LogP contribution < -0.4 is 10.1 Å². The molecule has 1 amide bonds. The van der Waals surface area contributed by atoms with Gasteiger partial charge in [-0.05, 0) is 38.4 Å². The monoisotopic (exact) mass is 373 g/mol. The largest absolute Gasteiger partial charge is 0.489 e. The minimum absolute atomic E-state index is 0.188. The summed E-state index contributed by atoms with van der Waals surface area (Å²) in [5.74, 6) is 0.399. The van der Waals surface area contributed by atoms with Gasteiger partial charge in [-0.2, -0.15) is 0 Å². The fourth-order valence-corrected chi connectivity index (χ4v) is 3.27. The number of nitrogens with one attached hydrogen (secondary N) is 2. The SMILES string of the molecule is CN(C)CCOc1c(C(=O)Nc2ccccc2)ccc2c1[nH]c1ccccc12. The molecule has 5 heteroatoms. The van der Waals surface area contributed by atoms with Gasteiger partial charge in [-0.1, -0.05) is 42.5 Å². The number of H-pyrrole nitrogens is 1. The Balaban J connectivity index is 1.77. The van der Waals surface area contributed by atoms with Crippen LogP contribution in [0.15, 0.2) is 66.7 Å². The summed E-state index contributed by atoms with van der Waals surface area (Å²) in [5.41, 5.74) is 3.14. The van der Waals surface area contributed by atoms with Gasteiger partial charge in [-0.3, -0.25) is 4.79 Å². The highest BCUT2D eigenvalue weighted by atomic mass is 16.5.